The highest BCUT2D eigenvalue weighted by molar-refractivity contribution is 5.93. The first-order valence-corrected chi connectivity index (χ1v) is 7.45. The van der Waals surface area contributed by atoms with Gasteiger partial charge in [-0.25, -0.2) is 0 Å². The number of anilines is 2. The molecule has 0 bridgehead atoms. The molecule has 2 aromatic carbocycles. The summed E-state index contributed by atoms with van der Waals surface area (Å²) in [7, 11) is 1.60. The largest absolute Gasteiger partial charge is 0.497 e. The van der Waals surface area contributed by atoms with Gasteiger partial charge in [0.15, 0.2) is 0 Å². The van der Waals surface area contributed by atoms with E-state index >= 15 is 0 Å². The maximum atomic E-state index is 11.9. The number of ether oxygens (including phenoxy) is 2. The third-order valence-corrected chi connectivity index (χ3v) is 3.10. The molecule has 0 spiro atoms. The second-order valence-corrected chi connectivity index (χ2v) is 5.15. The monoisotopic (exact) mass is 328 g/mol. The lowest BCUT2D eigenvalue weighted by atomic mass is 10.2. The fourth-order valence-corrected chi connectivity index (χ4v) is 2.10. The van der Waals surface area contributed by atoms with Crippen LogP contribution in [-0.2, 0) is 20.9 Å². The van der Waals surface area contributed by atoms with Crippen LogP contribution in [0.5, 0.6) is 5.75 Å². The standard InChI is InChI=1S/C18H20N2O4/c1-13(21)19-15-6-4-7-16(10-15)20-18(22)12-24-11-14-5-3-8-17(9-14)23-2/h3-10H,11-12H2,1-2H3,(H,19,21)(H,20,22). The summed E-state index contributed by atoms with van der Waals surface area (Å²) in [4.78, 5) is 23.0. The number of hydrogen-bond acceptors (Lipinski definition) is 4. The lowest BCUT2D eigenvalue weighted by molar-refractivity contribution is -0.121. The molecule has 2 N–H and O–H groups in total. The van der Waals surface area contributed by atoms with Gasteiger partial charge in [0.05, 0.1) is 13.7 Å². The smallest absolute Gasteiger partial charge is 0.250 e. The third-order valence-electron chi connectivity index (χ3n) is 3.10. The van der Waals surface area contributed by atoms with Gasteiger partial charge in [0.25, 0.3) is 0 Å². The van der Waals surface area contributed by atoms with Crippen LogP contribution in [0.3, 0.4) is 0 Å². The van der Waals surface area contributed by atoms with E-state index in [4.69, 9.17) is 9.47 Å². The second-order valence-electron chi connectivity index (χ2n) is 5.15. The minimum Gasteiger partial charge on any atom is -0.497 e. The van der Waals surface area contributed by atoms with Gasteiger partial charge in [-0.2, -0.15) is 0 Å². The van der Waals surface area contributed by atoms with Crippen molar-refractivity contribution in [3.05, 3.63) is 54.1 Å². The Morgan fingerprint density at radius 3 is 2.42 bits per heavy atom. The molecule has 2 rings (SSSR count). The number of hydrogen-bond donors (Lipinski definition) is 2. The van der Waals surface area contributed by atoms with Crippen LogP contribution < -0.4 is 15.4 Å². The maximum absolute atomic E-state index is 11.9. The molecule has 6 heteroatoms. The molecule has 2 aromatic rings. The molecule has 0 aliphatic rings. The minimum atomic E-state index is -0.266. The fourth-order valence-electron chi connectivity index (χ4n) is 2.10. The summed E-state index contributed by atoms with van der Waals surface area (Å²) in [5.41, 5.74) is 2.14. The Morgan fingerprint density at radius 1 is 1.00 bits per heavy atom. The Hall–Kier alpha value is -2.86. The number of amides is 2. The van der Waals surface area contributed by atoms with Crippen LogP contribution in [0.1, 0.15) is 12.5 Å². The van der Waals surface area contributed by atoms with Gasteiger partial charge in [-0.3, -0.25) is 9.59 Å². The highest BCUT2D eigenvalue weighted by Crippen LogP contribution is 2.15. The van der Waals surface area contributed by atoms with Gasteiger partial charge in [-0.05, 0) is 35.9 Å². The Labute approximate surface area is 140 Å². The number of nitrogens with one attached hydrogen (secondary N) is 2. The molecule has 0 aliphatic heterocycles. The van der Waals surface area contributed by atoms with E-state index in [9.17, 15) is 9.59 Å². The Bertz CT molecular complexity index is 716. The van der Waals surface area contributed by atoms with E-state index in [1.165, 1.54) is 6.92 Å². The zero-order chi connectivity index (χ0) is 17.4. The first-order chi connectivity index (χ1) is 11.6. The Balaban J connectivity index is 1.81. The van der Waals surface area contributed by atoms with E-state index in [1.54, 1.807) is 31.4 Å². The molecular formula is C18H20N2O4. The van der Waals surface area contributed by atoms with Crippen LogP contribution in [0, 0.1) is 0 Å². The van der Waals surface area contributed by atoms with Crippen LogP contribution in [0.2, 0.25) is 0 Å². The average molecular weight is 328 g/mol. The molecule has 0 heterocycles. The molecule has 0 atom stereocenters. The van der Waals surface area contributed by atoms with Gasteiger partial charge in [-0.15, -0.1) is 0 Å². The number of methoxy groups -OCH3 is 1. The van der Waals surface area contributed by atoms with Crippen molar-refractivity contribution in [2.24, 2.45) is 0 Å². The minimum absolute atomic E-state index is 0.0679. The summed E-state index contributed by atoms with van der Waals surface area (Å²) in [5.74, 6) is 0.313. The quantitative estimate of drug-likeness (QED) is 0.819. The van der Waals surface area contributed by atoms with Gasteiger partial charge >= 0.3 is 0 Å². The third kappa shape index (κ3) is 5.73. The van der Waals surface area contributed by atoms with Crippen molar-refractivity contribution < 1.29 is 19.1 Å². The predicted molar refractivity (Wildman–Crippen MR) is 92.0 cm³/mol. The molecule has 0 saturated carbocycles. The van der Waals surface area contributed by atoms with E-state index < -0.39 is 0 Å². The van der Waals surface area contributed by atoms with Crippen molar-refractivity contribution in [3.63, 3.8) is 0 Å². The Kier molecular flexibility index (Phi) is 6.33. The molecule has 0 fully saturated rings. The molecule has 0 aromatic heterocycles. The molecule has 6 nitrogen and oxygen atoms in total. The highest BCUT2D eigenvalue weighted by Gasteiger charge is 2.05. The van der Waals surface area contributed by atoms with Crippen molar-refractivity contribution in [1.82, 2.24) is 0 Å². The summed E-state index contributed by atoms with van der Waals surface area (Å²) in [6.07, 6.45) is 0. The molecule has 2 amide bonds. The molecule has 126 valence electrons. The highest BCUT2D eigenvalue weighted by atomic mass is 16.5. The summed E-state index contributed by atoms with van der Waals surface area (Å²) in [5, 5.41) is 5.39. The van der Waals surface area contributed by atoms with E-state index in [2.05, 4.69) is 10.6 Å². The van der Waals surface area contributed by atoms with Gasteiger partial charge in [0.2, 0.25) is 11.8 Å². The SMILES string of the molecule is COc1cccc(COCC(=O)Nc2cccc(NC(C)=O)c2)c1. The van der Waals surface area contributed by atoms with Crippen LogP contribution in [0.4, 0.5) is 11.4 Å². The lowest BCUT2D eigenvalue weighted by Gasteiger charge is -2.09. The Morgan fingerprint density at radius 2 is 1.71 bits per heavy atom. The second kappa shape index (κ2) is 8.69. The first kappa shape index (κ1) is 17.5. The summed E-state index contributed by atoms with van der Waals surface area (Å²) >= 11 is 0. The molecule has 0 aliphatic carbocycles. The summed E-state index contributed by atoms with van der Waals surface area (Å²) in [6, 6.07) is 14.4. The predicted octanol–water partition coefficient (Wildman–Crippen LogP) is 2.81. The molecule has 0 saturated heterocycles. The van der Waals surface area contributed by atoms with Crippen molar-refractivity contribution in [1.29, 1.82) is 0 Å². The van der Waals surface area contributed by atoms with Crippen LogP contribution in [0.25, 0.3) is 0 Å². The van der Waals surface area contributed by atoms with Gasteiger partial charge in [0, 0.05) is 18.3 Å². The van der Waals surface area contributed by atoms with Gasteiger partial charge < -0.3 is 20.1 Å². The normalized spacial score (nSPS) is 10.1. The fraction of sp³-hybridized carbons (Fsp3) is 0.222. The van der Waals surface area contributed by atoms with Crippen molar-refractivity contribution in [2.45, 2.75) is 13.5 Å². The number of rotatable bonds is 7. The molecule has 0 unspecified atom stereocenters. The lowest BCUT2D eigenvalue weighted by Crippen LogP contribution is -2.18. The van der Waals surface area contributed by atoms with Crippen molar-refractivity contribution >= 4 is 23.2 Å². The zero-order valence-electron chi connectivity index (χ0n) is 13.7. The summed E-state index contributed by atoms with van der Waals surface area (Å²) < 4.78 is 10.5. The van der Waals surface area contributed by atoms with E-state index in [0.717, 1.165) is 11.3 Å². The zero-order valence-corrected chi connectivity index (χ0v) is 13.7. The number of benzene rings is 2. The molecular weight excluding hydrogens is 308 g/mol. The van der Waals surface area contributed by atoms with E-state index in [1.807, 2.05) is 24.3 Å². The van der Waals surface area contributed by atoms with Gasteiger partial charge in [0.1, 0.15) is 12.4 Å². The van der Waals surface area contributed by atoms with E-state index in [0.29, 0.717) is 18.0 Å². The van der Waals surface area contributed by atoms with Crippen LogP contribution in [0.15, 0.2) is 48.5 Å². The first-order valence-electron chi connectivity index (χ1n) is 7.45. The maximum Gasteiger partial charge on any atom is 0.250 e. The number of carbonyl (C=O) groups excluding carboxylic acids is 2. The van der Waals surface area contributed by atoms with Gasteiger partial charge in [-0.1, -0.05) is 18.2 Å². The van der Waals surface area contributed by atoms with Crippen molar-refractivity contribution in [3.8, 4) is 5.75 Å². The summed E-state index contributed by atoms with van der Waals surface area (Å²) in [6.45, 7) is 1.68. The van der Waals surface area contributed by atoms with Crippen LogP contribution >= 0.6 is 0 Å². The van der Waals surface area contributed by atoms with Crippen LogP contribution in [-0.4, -0.2) is 25.5 Å². The molecule has 0 radical (unpaired) electrons. The topological polar surface area (TPSA) is 76.7 Å². The van der Waals surface area contributed by atoms with E-state index in [-0.39, 0.29) is 18.4 Å². The van der Waals surface area contributed by atoms with Crippen molar-refractivity contribution in [2.75, 3.05) is 24.4 Å². The average Bonchev–Trinajstić information content (AvgIpc) is 2.54. The molecule has 24 heavy (non-hydrogen) atoms. The number of carbonyl (C=O) groups is 2.